The number of hydrogen-bond donors (Lipinski definition) is 1. The molecule has 0 aromatic heterocycles. The van der Waals surface area contributed by atoms with Gasteiger partial charge in [-0.3, -0.25) is 19.8 Å². The van der Waals surface area contributed by atoms with E-state index in [-0.39, 0.29) is 10.7 Å². The number of carbonyl (C=O) groups is 2. The van der Waals surface area contributed by atoms with Gasteiger partial charge in [-0.05, 0) is 36.0 Å². The molecule has 108 valence electrons. The van der Waals surface area contributed by atoms with Crippen molar-refractivity contribution < 1.29 is 9.59 Å². The molecule has 1 saturated heterocycles. The Morgan fingerprint density at radius 1 is 0.909 bits per heavy atom. The Balaban J connectivity index is 2.02. The Kier molecular flexibility index (Phi) is 3.80. The minimum atomic E-state index is -0.481. The van der Waals surface area contributed by atoms with Gasteiger partial charge in [0.1, 0.15) is 5.57 Å². The zero-order chi connectivity index (χ0) is 15.5. The zero-order valence-electron chi connectivity index (χ0n) is 11.5. The third kappa shape index (κ3) is 2.66. The molecule has 1 aliphatic rings. The summed E-state index contributed by atoms with van der Waals surface area (Å²) < 4.78 is 0. The maximum Gasteiger partial charge on any atom is 0.270 e. The van der Waals surface area contributed by atoms with E-state index >= 15 is 0 Å². The molecule has 3 rings (SSSR count). The molecule has 1 aliphatic heterocycles. The second-order valence-corrected chi connectivity index (χ2v) is 5.09. The SMILES string of the molecule is O=C1NC(=S)N(c2ccccc2)C(=O)C1=Cc1ccccc1. The van der Waals surface area contributed by atoms with Crippen molar-refractivity contribution in [1.82, 2.24) is 5.32 Å². The molecule has 5 heteroatoms. The van der Waals surface area contributed by atoms with Gasteiger partial charge in [0.25, 0.3) is 11.8 Å². The van der Waals surface area contributed by atoms with Gasteiger partial charge in [0.05, 0.1) is 5.69 Å². The van der Waals surface area contributed by atoms with Crippen molar-refractivity contribution >= 4 is 40.9 Å². The van der Waals surface area contributed by atoms with Crippen molar-refractivity contribution in [2.45, 2.75) is 0 Å². The van der Waals surface area contributed by atoms with Crippen LogP contribution in [0.3, 0.4) is 0 Å². The Morgan fingerprint density at radius 3 is 2.14 bits per heavy atom. The quantitative estimate of drug-likeness (QED) is 0.527. The zero-order valence-corrected chi connectivity index (χ0v) is 12.3. The van der Waals surface area contributed by atoms with Gasteiger partial charge in [0.2, 0.25) is 0 Å². The van der Waals surface area contributed by atoms with Crippen LogP contribution in [-0.2, 0) is 9.59 Å². The van der Waals surface area contributed by atoms with Crippen LogP contribution in [0.2, 0.25) is 0 Å². The van der Waals surface area contributed by atoms with E-state index in [2.05, 4.69) is 5.32 Å². The number of thiocarbonyl (C=S) groups is 1. The number of benzene rings is 2. The van der Waals surface area contributed by atoms with E-state index in [1.807, 2.05) is 48.5 Å². The lowest BCUT2D eigenvalue weighted by Gasteiger charge is -2.28. The first-order valence-electron chi connectivity index (χ1n) is 6.68. The van der Waals surface area contributed by atoms with Crippen LogP contribution in [0.4, 0.5) is 5.69 Å². The van der Waals surface area contributed by atoms with Crippen LogP contribution in [0, 0.1) is 0 Å². The number of amides is 2. The summed E-state index contributed by atoms with van der Waals surface area (Å²) in [5, 5.41) is 2.65. The van der Waals surface area contributed by atoms with E-state index in [4.69, 9.17) is 12.2 Å². The highest BCUT2D eigenvalue weighted by atomic mass is 32.1. The summed E-state index contributed by atoms with van der Waals surface area (Å²) in [4.78, 5) is 26.1. The summed E-state index contributed by atoms with van der Waals surface area (Å²) in [6.07, 6.45) is 1.56. The van der Waals surface area contributed by atoms with Gasteiger partial charge in [0.15, 0.2) is 5.11 Å². The molecule has 22 heavy (non-hydrogen) atoms. The predicted molar refractivity (Wildman–Crippen MR) is 89.1 cm³/mol. The smallest absolute Gasteiger partial charge is 0.270 e. The second-order valence-electron chi connectivity index (χ2n) is 4.70. The minimum absolute atomic E-state index is 0.0589. The molecule has 2 aromatic rings. The van der Waals surface area contributed by atoms with Gasteiger partial charge < -0.3 is 0 Å². The van der Waals surface area contributed by atoms with Gasteiger partial charge in [-0.2, -0.15) is 0 Å². The predicted octanol–water partition coefficient (Wildman–Crippen LogP) is 2.52. The molecule has 0 bridgehead atoms. The van der Waals surface area contributed by atoms with Gasteiger partial charge >= 0.3 is 0 Å². The molecule has 0 atom stereocenters. The maximum absolute atomic E-state index is 12.7. The Morgan fingerprint density at radius 2 is 1.50 bits per heavy atom. The van der Waals surface area contributed by atoms with Crippen LogP contribution >= 0.6 is 12.2 Å². The average molecular weight is 308 g/mol. The van der Waals surface area contributed by atoms with E-state index in [0.717, 1.165) is 5.56 Å². The van der Waals surface area contributed by atoms with Crippen LogP contribution in [0.5, 0.6) is 0 Å². The molecule has 1 heterocycles. The third-order valence-electron chi connectivity index (χ3n) is 3.23. The number of para-hydroxylation sites is 1. The topological polar surface area (TPSA) is 49.4 Å². The summed E-state index contributed by atoms with van der Waals surface area (Å²) in [6.45, 7) is 0. The lowest BCUT2D eigenvalue weighted by atomic mass is 10.1. The van der Waals surface area contributed by atoms with Crippen molar-refractivity contribution in [3.05, 3.63) is 71.8 Å². The number of nitrogens with one attached hydrogen (secondary N) is 1. The Hall–Kier alpha value is -2.79. The first-order chi connectivity index (χ1) is 10.7. The first kappa shape index (κ1) is 14.2. The number of rotatable bonds is 2. The molecule has 0 saturated carbocycles. The van der Waals surface area contributed by atoms with Crippen molar-refractivity contribution in [3.63, 3.8) is 0 Å². The van der Waals surface area contributed by atoms with E-state index in [9.17, 15) is 9.59 Å². The molecule has 0 radical (unpaired) electrons. The fourth-order valence-corrected chi connectivity index (χ4v) is 2.47. The molecule has 2 aromatic carbocycles. The number of anilines is 1. The summed E-state index contributed by atoms with van der Waals surface area (Å²) >= 11 is 5.13. The molecular formula is C17H12N2O2S. The van der Waals surface area contributed by atoms with Gasteiger partial charge in [-0.25, -0.2) is 0 Å². The molecule has 4 nitrogen and oxygen atoms in total. The molecule has 1 N–H and O–H groups in total. The summed E-state index contributed by atoms with van der Waals surface area (Å²) in [7, 11) is 0. The van der Waals surface area contributed by atoms with E-state index in [1.165, 1.54) is 4.90 Å². The monoisotopic (exact) mass is 308 g/mol. The standard InChI is InChI=1S/C17H12N2O2S/c20-15-14(11-12-7-3-1-4-8-12)16(21)19(17(22)18-15)13-9-5-2-6-10-13/h1-11H,(H,18,20,22). The van der Waals surface area contributed by atoms with E-state index < -0.39 is 11.8 Å². The largest absolute Gasteiger partial charge is 0.298 e. The number of nitrogens with zero attached hydrogens (tertiary/aromatic N) is 1. The van der Waals surface area contributed by atoms with Crippen LogP contribution in [0.25, 0.3) is 6.08 Å². The van der Waals surface area contributed by atoms with Gasteiger partial charge in [-0.1, -0.05) is 48.5 Å². The van der Waals surface area contributed by atoms with Crippen LogP contribution in [-0.4, -0.2) is 16.9 Å². The van der Waals surface area contributed by atoms with E-state index in [1.54, 1.807) is 18.2 Å². The highest BCUT2D eigenvalue weighted by molar-refractivity contribution is 7.80. The lowest BCUT2D eigenvalue weighted by Crippen LogP contribution is -2.54. The average Bonchev–Trinajstić information content (AvgIpc) is 2.53. The fraction of sp³-hybridized carbons (Fsp3) is 0. The van der Waals surface area contributed by atoms with E-state index in [0.29, 0.717) is 5.69 Å². The van der Waals surface area contributed by atoms with Crippen molar-refractivity contribution in [1.29, 1.82) is 0 Å². The summed E-state index contributed by atoms with van der Waals surface area (Å²) in [5.74, 6) is -0.908. The lowest BCUT2D eigenvalue weighted by molar-refractivity contribution is -0.122. The van der Waals surface area contributed by atoms with Gasteiger partial charge in [0, 0.05) is 0 Å². The highest BCUT2D eigenvalue weighted by Crippen LogP contribution is 2.21. The third-order valence-corrected chi connectivity index (χ3v) is 3.51. The van der Waals surface area contributed by atoms with Crippen molar-refractivity contribution in [2.75, 3.05) is 4.90 Å². The molecule has 0 unspecified atom stereocenters. The second kappa shape index (κ2) is 5.91. The Bertz CT molecular complexity index is 770. The van der Waals surface area contributed by atoms with Crippen molar-refractivity contribution in [2.24, 2.45) is 0 Å². The molecule has 0 spiro atoms. The summed E-state index contributed by atoms with van der Waals surface area (Å²) in [6, 6.07) is 18.2. The van der Waals surface area contributed by atoms with Crippen LogP contribution in [0.15, 0.2) is 66.2 Å². The fourth-order valence-electron chi connectivity index (χ4n) is 2.18. The maximum atomic E-state index is 12.7. The normalized spacial score (nSPS) is 16.8. The number of hydrogen-bond acceptors (Lipinski definition) is 3. The van der Waals surface area contributed by atoms with Crippen LogP contribution < -0.4 is 10.2 Å². The molecular weight excluding hydrogens is 296 g/mol. The summed E-state index contributed by atoms with van der Waals surface area (Å²) in [5.41, 5.74) is 1.46. The highest BCUT2D eigenvalue weighted by Gasteiger charge is 2.34. The van der Waals surface area contributed by atoms with Crippen LogP contribution in [0.1, 0.15) is 5.56 Å². The van der Waals surface area contributed by atoms with Gasteiger partial charge in [-0.15, -0.1) is 0 Å². The minimum Gasteiger partial charge on any atom is -0.298 e. The first-order valence-corrected chi connectivity index (χ1v) is 7.09. The molecule has 2 amide bonds. The molecule has 1 fully saturated rings. The van der Waals surface area contributed by atoms with Crippen molar-refractivity contribution in [3.8, 4) is 0 Å². The number of carbonyl (C=O) groups excluding carboxylic acids is 2. The molecule has 0 aliphatic carbocycles. The Labute approximate surface area is 133 Å².